The Hall–Kier alpha value is -0.900. The van der Waals surface area contributed by atoms with Crippen LogP contribution in [0.3, 0.4) is 0 Å². The quantitative estimate of drug-likeness (QED) is 0.714. The van der Waals surface area contributed by atoms with Crippen LogP contribution in [0.2, 0.25) is 0 Å². The fraction of sp³-hybridized carbons (Fsp3) is 0.818. The fourth-order valence-electron chi connectivity index (χ4n) is 1.98. The molecule has 1 aliphatic rings. The van der Waals surface area contributed by atoms with Crippen LogP contribution in [0, 0.1) is 0 Å². The van der Waals surface area contributed by atoms with Gasteiger partial charge in [0.25, 0.3) is 0 Å². The monoisotopic (exact) mass is 213 g/mol. The summed E-state index contributed by atoms with van der Waals surface area (Å²) in [4.78, 5) is 24.9. The van der Waals surface area contributed by atoms with Gasteiger partial charge in [0.1, 0.15) is 0 Å². The van der Waals surface area contributed by atoms with Crippen LogP contribution in [0.1, 0.15) is 46.0 Å². The maximum atomic E-state index is 11.8. The molecule has 1 fully saturated rings. The van der Waals surface area contributed by atoms with Crippen LogP contribution in [0.5, 0.6) is 0 Å². The number of likely N-dealkylation sites (tertiary alicyclic amines) is 1. The SMILES string of the molecule is CC(C)(CCO)N1C(=O)CCCCC1=O. The standard InChI is InChI=1S/C11H19NO3/c1-11(2,7-8-13)12-9(14)5-3-4-6-10(12)15/h13H,3-8H2,1-2H3. The zero-order chi connectivity index (χ0) is 11.5. The zero-order valence-corrected chi connectivity index (χ0v) is 9.45. The van der Waals surface area contributed by atoms with Crippen molar-refractivity contribution in [3.63, 3.8) is 0 Å². The van der Waals surface area contributed by atoms with E-state index in [-0.39, 0.29) is 18.4 Å². The van der Waals surface area contributed by atoms with E-state index >= 15 is 0 Å². The van der Waals surface area contributed by atoms with Crippen molar-refractivity contribution in [2.45, 2.75) is 51.5 Å². The molecule has 1 saturated heterocycles. The molecule has 2 amide bonds. The van der Waals surface area contributed by atoms with Crippen molar-refractivity contribution in [1.82, 2.24) is 4.90 Å². The number of nitrogens with zero attached hydrogens (tertiary/aromatic N) is 1. The molecule has 0 atom stereocenters. The minimum atomic E-state index is -0.562. The minimum Gasteiger partial charge on any atom is -0.396 e. The number of carbonyl (C=O) groups excluding carboxylic acids is 2. The predicted molar refractivity (Wildman–Crippen MR) is 56.1 cm³/mol. The summed E-state index contributed by atoms with van der Waals surface area (Å²) in [7, 11) is 0. The first kappa shape index (κ1) is 12.2. The largest absolute Gasteiger partial charge is 0.396 e. The van der Waals surface area contributed by atoms with Gasteiger partial charge in [0.2, 0.25) is 11.8 Å². The van der Waals surface area contributed by atoms with Crippen molar-refractivity contribution in [3.8, 4) is 0 Å². The molecule has 15 heavy (non-hydrogen) atoms. The molecule has 0 aromatic carbocycles. The molecule has 4 heteroatoms. The first-order valence-corrected chi connectivity index (χ1v) is 5.46. The molecule has 0 aliphatic carbocycles. The van der Waals surface area contributed by atoms with E-state index in [1.165, 1.54) is 4.90 Å². The first-order chi connectivity index (χ1) is 6.99. The molecule has 0 aromatic heterocycles. The van der Waals surface area contributed by atoms with Crippen LogP contribution in [0.4, 0.5) is 0 Å². The van der Waals surface area contributed by atoms with Crippen molar-refractivity contribution in [3.05, 3.63) is 0 Å². The summed E-state index contributed by atoms with van der Waals surface area (Å²) >= 11 is 0. The molecule has 0 spiro atoms. The van der Waals surface area contributed by atoms with Crippen molar-refractivity contribution in [1.29, 1.82) is 0 Å². The fourth-order valence-corrected chi connectivity index (χ4v) is 1.98. The third-order valence-electron chi connectivity index (χ3n) is 2.86. The predicted octanol–water partition coefficient (Wildman–Crippen LogP) is 1.08. The highest BCUT2D eigenvalue weighted by Gasteiger charge is 2.36. The first-order valence-electron chi connectivity index (χ1n) is 5.46. The zero-order valence-electron chi connectivity index (χ0n) is 9.45. The Morgan fingerprint density at radius 1 is 1.20 bits per heavy atom. The van der Waals surface area contributed by atoms with E-state index in [0.29, 0.717) is 19.3 Å². The normalized spacial score (nSPS) is 19.3. The van der Waals surface area contributed by atoms with E-state index in [9.17, 15) is 9.59 Å². The van der Waals surface area contributed by atoms with Crippen molar-refractivity contribution >= 4 is 11.8 Å². The van der Waals surface area contributed by atoms with Gasteiger partial charge in [-0.25, -0.2) is 0 Å². The highest BCUT2D eigenvalue weighted by molar-refractivity contribution is 5.96. The average Bonchev–Trinajstić information content (AvgIpc) is 2.27. The lowest BCUT2D eigenvalue weighted by atomic mass is 9.98. The number of aliphatic hydroxyl groups is 1. The Balaban J connectivity index is 2.86. The maximum absolute atomic E-state index is 11.8. The average molecular weight is 213 g/mol. The summed E-state index contributed by atoms with van der Waals surface area (Å²) < 4.78 is 0. The van der Waals surface area contributed by atoms with Gasteiger partial charge >= 0.3 is 0 Å². The summed E-state index contributed by atoms with van der Waals surface area (Å²) in [5.41, 5.74) is -0.562. The Kier molecular flexibility index (Phi) is 3.85. The molecule has 1 heterocycles. The van der Waals surface area contributed by atoms with Gasteiger partial charge in [0, 0.05) is 25.0 Å². The molecule has 1 aliphatic heterocycles. The van der Waals surface area contributed by atoms with E-state index in [1.54, 1.807) is 0 Å². The van der Waals surface area contributed by atoms with Gasteiger partial charge < -0.3 is 5.11 Å². The second-order valence-electron chi connectivity index (χ2n) is 4.62. The maximum Gasteiger partial charge on any atom is 0.229 e. The van der Waals surface area contributed by atoms with E-state index in [0.717, 1.165) is 12.8 Å². The van der Waals surface area contributed by atoms with Crippen molar-refractivity contribution in [2.75, 3.05) is 6.61 Å². The summed E-state index contributed by atoms with van der Waals surface area (Å²) in [5.74, 6) is -0.202. The highest BCUT2D eigenvalue weighted by Crippen LogP contribution is 2.24. The number of carbonyl (C=O) groups is 2. The highest BCUT2D eigenvalue weighted by atomic mass is 16.3. The molecule has 4 nitrogen and oxygen atoms in total. The van der Waals surface area contributed by atoms with Gasteiger partial charge in [-0.2, -0.15) is 0 Å². The second kappa shape index (κ2) is 4.75. The Morgan fingerprint density at radius 2 is 1.67 bits per heavy atom. The van der Waals surface area contributed by atoms with Gasteiger partial charge in [0.05, 0.1) is 0 Å². The van der Waals surface area contributed by atoms with Crippen LogP contribution in [0.25, 0.3) is 0 Å². The van der Waals surface area contributed by atoms with E-state index in [4.69, 9.17) is 5.11 Å². The number of imide groups is 1. The molecule has 1 N–H and O–H groups in total. The van der Waals surface area contributed by atoms with Gasteiger partial charge in [-0.15, -0.1) is 0 Å². The number of amides is 2. The third-order valence-corrected chi connectivity index (χ3v) is 2.86. The van der Waals surface area contributed by atoms with Crippen LogP contribution in [-0.4, -0.2) is 34.0 Å². The van der Waals surface area contributed by atoms with Gasteiger partial charge in [0.15, 0.2) is 0 Å². The van der Waals surface area contributed by atoms with Crippen LogP contribution >= 0.6 is 0 Å². The smallest absolute Gasteiger partial charge is 0.229 e. The molecule has 0 unspecified atom stereocenters. The molecule has 0 saturated carbocycles. The van der Waals surface area contributed by atoms with Gasteiger partial charge in [-0.1, -0.05) is 0 Å². The van der Waals surface area contributed by atoms with Crippen LogP contribution in [-0.2, 0) is 9.59 Å². The number of rotatable bonds is 3. The van der Waals surface area contributed by atoms with E-state index < -0.39 is 5.54 Å². The summed E-state index contributed by atoms with van der Waals surface area (Å²) in [6.45, 7) is 3.64. The Morgan fingerprint density at radius 3 is 2.07 bits per heavy atom. The van der Waals surface area contributed by atoms with Crippen molar-refractivity contribution in [2.24, 2.45) is 0 Å². The number of aliphatic hydroxyl groups excluding tert-OH is 1. The topological polar surface area (TPSA) is 57.6 Å². The van der Waals surface area contributed by atoms with Gasteiger partial charge in [-0.3, -0.25) is 14.5 Å². The molecular formula is C11H19NO3. The lowest BCUT2D eigenvalue weighted by Crippen LogP contribution is -2.50. The third kappa shape index (κ3) is 2.78. The van der Waals surface area contributed by atoms with Crippen LogP contribution < -0.4 is 0 Å². The molecule has 1 rings (SSSR count). The molecular weight excluding hydrogens is 194 g/mol. The Labute approximate surface area is 90.3 Å². The van der Waals surface area contributed by atoms with E-state index in [2.05, 4.69) is 0 Å². The Bertz CT molecular complexity index is 243. The summed E-state index contributed by atoms with van der Waals surface area (Å²) in [6.07, 6.45) is 2.90. The van der Waals surface area contributed by atoms with Crippen molar-refractivity contribution < 1.29 is 14.7 Å². The summed E-state index contributed by atoms with van der Waals surface area (Å²) in [5, 5.41) is 8.93. The van der Waals surface area contributed by atoms with E-state index in [1.807, 2.05) is 13.8 Å². The summed E-state index contributed by atoms with van der Waals surface area (Å²) in [6, 6.07) is 0. The minimum absolute atomic E-state index is 0.00986. The molecule has 86 valence electrons. The number of hydrogen-bond acceptors (Lipinski definition) is 3. The van der Waals surface area contributed by atoms with Gasteiger partial charge in [-0.05, 0) is 33.1 Å². The second-order valence-corrected chi connectivity index (χ2v) is 4.62. The molecule has 0 bridgehead atoms. The lowest BCUT2D eigenvalue weighted by Gasteiger charge is -2.36. The van der Waals surface area contributed by atoms with Crippen LogP contribution in [0.15, 0.2) is 0 Å². The molecule has 0 radical (unpaired) electrons. The lowest BCUT2D eigenvalue weighted by molar-refractivity contribution is -0.150. The number of hydrogen-bond donors (Lipinski definition) is 1. The molecule has 0 aromatic rings.